The van der Waals surface area contributed by atoms with Crippen LogP contribution in [0.5, 0.6) is 0 Å². The highest BCUT2D eigenvalue weighted by Gasteiger charge is 2.21. The summed E-state index contributed by atoms with van der Waals surface area (Å²) in [7, 11) is -0.523. The molecule has 0 radical (unpaired) electrons. The quantitative estimate of drug-likeness (QED) is 0.578. The minimum Gasteiger partial charge on any atom is -0.328 e. The molecule has 2 aromatic carbocycles. The molecule has 32 heavy (non-hydrogen) atoms. The van der Waals surface area contributed by atoms with Crippen molar-refractivity contribution in [2.24, 2.45) is 0 Å². The average molecular weight is 457 g/mol. The maximum Gasteiger partial charge on any atom is 0.242 e. The Hall–Kier alpha value is -2.71. The Bertz CT molecular complexity index is 1240. The predicted octanol–water partition coefficient (Wildman–Crippen LogP) is 4.18. The SMILES string of the molecule is CCn1c(CCC(=O)Nc2ccccc2C(C)(C)C)nc2cc(S(=O)(=O)N(C)C)ccc21. The minimum absolute atomic E-state index is 0.0766. The van der Waals surface area contributed by atoms with Crippen molar-refractivity contribution in [3.05, 3.63) is 53.9 Å². The first-order valence-electron chi connectivity index (χ1n) is 10.8. The van der Waals surface area contributed by atoms with Crippen LogP contribution in [0.1, 0.15) is 45.5 Å². The van der Waals surface area contributed by atoms with Crippen molar-refractivity contribution in [3.8, 4) is 0 Å². The van der Waals surface area contributed by atoms with E-state index < -0.39 is 10.0 Å². The zero-order valence-electron chi connectivity index (χ0n) is 19.6. The largest absolute Gasteiger partial charge is 0.328 e. The number of imidazole rings is 1. The first-order valence-corrected chi connectivity index (χ1v) is 12.2. The van der Waals surface area contributed by atoms with Crippen LogP contribution < -0.4 is 5.32 Å². The fraction of sp³-hybridized carbons (Fsp3) is 0.417. The summed E-state index contributed by atoms with van der Waals surface area (Å²) in [6, 6.07) is 12.8. The molecule has 0 fully saturated rings. The van der Waals surface area contributed by atoms with Crippen molar-refractivity contribution < 1.29 is 13.2 Å². The number of hydrogen-bond donors (Lipinski definition) is 1. The number of fused-ring (bicyclic) bond motifs is 1. The third kappa shape index (κ3) is 4.86. The van der Waals surface area contributed by atoms with Gasteiger partial charge in [0.05, 0.1) is 15.9 Å². The highest BCUT2D eigenvalue weighted by Crippen LogP contribution is 2.29. The Morgan fingerprint density at radius 1 is 1.12 bits per heavy atom. The van der Waals surface area contributed by atoms with Gasteiger partial charge in [-0.3, -0.25) is 4.79 Å². The third-order valence-electron chi connectivity index (χ3n) is 5.48. The molecule has 0 aliphatic heterocycles. The minimum atomic E-state index is -3.54. The highest BCUT2D eigenvalue weighted by molar-refractivity contribution is 7.89. The number of rotatable bonds is 7. The number of aromatic nitrogens is 2. The second-order valence-corrected chi connectivity index (χ2v) is 11.2. The second-order valence-electron chi connectivity index (χ2n) is 9.05. The molecule has 0 unspecified atom stereocenters. The van der Waals surface area contributed by atoms with E-state index in [-0.39, 0.29) is 22.6 Å². The average Bonchev–Trinajstić information content (AvgIpc) is 3.08. The molecule has 0 spiro atoms. The number of amides is 1. The van der Waals surface area contributed by atoms with Crippen molar-refractivity contribution >= 4 is 32.7 Å². The Balaban J connectivity index is 1.81. The van der Waals surface area contributed by atoms with Crippen LogP contribution in [0.15, 0.2) is 47.4 Å². The number of carbonyl (C=O) groups is 1. The fourth-order valence-corrected chi connectivity index (χ4v) is 4.68. The van der Waals surface area contributed by atoms with Gasteiger partial charge in [-0.2, -0.15) is 0 Å². The Morgan fingerprint density at radius 3 is 2.44 bits per heavy atom. The molecule has 0 atom stereocenters. The number of aryl methyl sites for hydroxylation is 2. The number of nitrogens with zero attached hydrogens (tertiary/aromatic N) is 3. The summed E-state index contributed by atoms with van der Waals surface area (Å²) in [6.45, 7) is 9.04. The van der Waals surface area contributed by atoms with E-state index in [9.17, 15) is 13.2 Å². The highest BCUT2D eigenvalue weighted by atomic mass is 32.2. The van der Waals surface area contributed by atoms with Gasteiger partial charge < -0.3 is 9.88 Å². The molecule has 8 heteroatoms. The lowest BCUT2D eigenvalue weighted by molar-refractivity contribution is -0.116. The molecule has 0 bridgehead atoms. The zero-order chi connectivity index (χ0) is 23.7. The van der Waals surface area contributed by atoms with Gasteiger partial charge in [0, 0.05) is 39.2 Å². The van der Waals surface area contributed by atoms with Crippen LogP contribution in [0.25, 0.3) is 11.0 Å². The van der Waals surface area contributed by atoms with Crippen LogP contribution in [-0.4, -0.2) is 42.3 Å². The molecule has 0 aliphatic carbocycles. The van der Waals surface area contributed by atoms with Crippen molar-refractivity contribution in [3.63, 3.8) is 0 Å². The van der Waals surface area contributed by atoms with E-state index in [0.29, 0.717) is 18.5 Å². The Labute approximate surface area is 190 Å². The predicted molar refractivity (Wildman–Crippen MR) is 128 cm³/mol. The molecule has 1 amide bonds. The number of nitrogens with one attached hydrogen (secondary N) is 1. The molecule has 1 heterocycles. The molecule has 3 rings (SSSR count). The van der Waals surface area contributed by atoms with E-state index in [1.807, 2.05) is 35.8 Å². The summed E-state index contributed by atoms with van der Waals surface area (Å²) in [5.74, 6) is 0.688. The summed E-state index contributed by atoms with van der Waals surface area (Å²) >= 11 is 0. The van der Waals surface area contributed by atoms with Crippen molar-refractivity contribution in [2.75, 3.05) is 19.4 Å². The number of hydrogen-bond acceptors (Lipinski definition) is 4. The van der Waals surface area contributed by atoms with Gasteiger partial charge in [0.1, 0.15) is 5.82 Å². The Morgan fingerprint density at radius 2 is 1.81 bits per heavy atom. The summed E-state index contributed by atoms with van der Waals surface area (Å²) in [5, 5.41) is 3.04. The second kappa shape index (κ2) is 9.03. The lowest BCUT2D eigenvalue weighted by Crippen LogP contribution is -2.22. The molecule has 1 N–H and O–H groups in total. The van der Waals surface area contributed by atoms with Gasteiger partial charge >= 0.3 is 0 Å². The summed E-state index contributed by atoms with van der Waals surface area (Å²) < 4.78 is 28.1. The number of para-hydroxylation sites is 1. The normalized spacial score (nSPS) is 12.5. The topological polar surface area (TPSA) is 84.3 Å². The summed E-state index contributed by atoms with van der Waals surface area (Å²) in [5.41, 5.74) is 3.31. The van der Waals surface area contributed by atoms with Crippen LogP contribution in [0.2, 0.25) is 0 Å². The molecule has 172 valence electrons. The maximum absolute atomic E-state index is 12.7. The van der Waals surface area contributed by atoms with Crippen LogP contribution >= 0.6 is 0 Å². The summed E-state index contributed by atoms with van der Waals surface area (Å²) in [6.07, 6.45) is 0.743. The van der Waals surface area contributed by atoms with E-state index in [1.54, 1.807) is 18.2 Å². The molecule has 0 aliphatic rings. The maximum atomic E-state index is 12.7. The van der Waals surface area contributed by atoms with Gasteiger partial charge in [0.25, 0.3) is 0 Å². The molecule has 1 aromatic heterocycles. The number of carbonyl (C=O) groups excluding carboxylic acids is 1. The van der Waals surface area contributed by atoms with Gasteiger partial charge in [0.15, 0.2) is 0 Å². The van der Waals surface area contributed by atoms with Gasteiger partial charge in [-0.1, -0.05) is 39.0 Å². The van der Waals surface area contributed by atoms with Gasteiger partial charge in [-0.05, 0) is 42.2 Å². The van der Waals surface area contributed by atoms with E-state index in [1.165, 1.54) is 18.4 Å². The zero-order valence-corrected chi connectivity index (χ0v) is 20.5. The first kappa shape index (κ1) is 23.9. The standard InChI is InChI=1S/C24H32N4O3S/c1-7-28-21-13-12-17(32(30,31)27(5)6)16-20(21)25-22(28)14-15-23(29)26-19-11-9-8-10-18(19)24(2,3)4/h8-13,16H,7,14-15H2,1-6H3,(H,26,29). The molecule has 0 saturated heterocycles. The van der Waals surface area contributed by atoms with Crippen LogP contribution in [0.3, 0.4) is 0 Å². The third-order valence-corrected chi connectivity index (χ3v) is 7.29. The van der Waals surface area contributed by atoms with Gasteiger partial charge in [0.2, 0.25) is 15.9 Å². The fourth-order valence-electron chi connectivity index (χ4n) is 3.76. The molecule has 3 aromatic rings. The van der Waals surface area contributed by atoms with E-state index in [2.05, 4.69) is 31.1 Å². The number of benzene rings is 2. The number of anilines is 1. The van der Waals surface area contributed by atoms with Crippen LogP contribution in [0.4, 0.5) is 5.69 Å². The molecule has 0 saturated carbocycles. The Kier molecular flexibility index (Phi) is 6.76. The molecular weight excluding hydrogens is 424 g/mol. The van der Waals surface area contributed by atoms with Gasteiger partial charge in [-0.25, -0.2) is 17.7 Å². The smallest absolute Gasteiger partial charge is 0.242 e. The first-order chi connectivity index (χ1) is 14.9. The van der Waals surface area contributed by atoms with E-state index in [0.717, 1.165) is 22.6 Å². The molecular formula is C24H32N4O3S. The van der Waals surface area contributed by atoms with E-state index >= 15 is 0 Å². The van der Waals surface area contributed by atoms with Crippen molar-refractivity contribution in [1.82, 2.24) is 13.9 Å². The van der Waals surface area contributed by atoms with Crippen molar-refractivity contribution in [2.45, 2.75) is 57.4 Å². The lowest BCUT2D eigenvalue weighted by atomic mass is 9.86. The molecule has 7 nitrogen and oxygen atoms in total. The van der Waals surface area contributed by atoms with Gasteiger partial charge in [-0.15, -0.1) is 0 Å². The summed E-state index contributed by atoms with van der Waals surface area (Å²) in [4.78, 5) is 17.6. The van der Waals surface area contributed by atoms with Crippen LogP contribution in [-0.2, 0) is 33.2 Å². The van der Waals surface area contributed by atoms with Crippen LogP contribution in [0, 0.1) is 0 Å². The van der Waals surface area contributed by atoms with Crippen molar-refractivity contribution in [1.29, 1.82) is 0 Å². The monoisotopic (exact) mass is 456 g/mol. The lowest BCUT2D eigenvalue weighted by Gasteiger charge is -2.23. The number of sulfonamides is 1. The van der Waals surface area contributed by atoms with E-state index in [4.69, 9.17) is 0 Å².